The zero-order valence-corrected chi connectivity index (χ0v) is 12.1. The van der Waals surface area contributed by atoms with Crippen LogP contribution in [-0.4, -0.2) is 6.04 Å². The molecule has 100 valence electrons. The molecule has 0 spiro atoms. The second-order valence-electron chi connectivity index (χ2n) is 6.66. The van der Waals surface area contributed by atoms with Gasteiger partial charge in [0, 0.05) is 12.6 Å². The van der Waals surface area contributed by atoms with Crippen LogP contribution in [0.3, 0.4) is 0 Å². The number of nitrogens with one attached hydrogen (secondary N) is 1. The third kappa shape index (κ3) is 3.84. The lowest BCUT2D eigenvalue weighted by atomic mass is 9.86. The molecule has 0 bridgehead atoms. The lowest BCUT2D eigenvalue weighted by Gasteiger charge is -2.23. The van der Waals surface area contributed by atoms with Crippen molar-refractivity contribution in [2.75, 3.05) is 0 Å². The zero-order valence-electron chi connectivity index (χ0n) is 12.1. The molecule has 0 saturated heterocycles. The van der Waals surface area contributed by atoms with Crippen LogP contribution in [-0.2, 0) is 12.0 Å². The highest BCUT2D eigenvalue weighted by Gasteiger charge is 2.14. The summed E-state index contributed by atoms with van der Waals surface area (Å²) in [4.78, 5) is 0. The van der Waals surface area contributed by atoms with Crippen LogP contribution in [0.25, 0.3) is 0 Å². The smallest absolute Gasteiger partial charge is 0.0208 e. The molecule has 1 aromatic rings. The lowest BCUT2D eigenvalue weighted by Crippen LogP contribution is -2.30. The van der Waals surface area contributed by atoms with Crippen molar-refractivity contribution in [2.24, 2.45) is 0 Å². The standard InChI is InChI=1S/C17H27N/c1-17(2,3)15-11-9-14(10-12-15)13-18-16-7-5-4-6-8-16/h9-12,16,18H,4-8,13H2,1-3H3. The fourth-order valence-corrected chi connectivity index (χ4v) is 2.69. The van der Waals surface area contributed by atoms with Gasteiger partial charge in [-0.05, 0) is 29.4 Å². The fourth-order valence-electron chi connectivity index (χ4n) is 2.69. The second kappa shape index (κ2) is 5.88. The van der Waals surface area contributed by atoms with Gasteiger partial charge in [0.15, 0.2) is 0 Å². The van der Waals surface area contributed by atoms with Gasteiger partial charge in [-0.3, -0.25) is 0 Å². The van der Waals surface area contributed by atoms with Crippen molar-refractivity contribution in [3.05, 3.63) is 35.4 Å². The summed E-state index contributed by atoms with van der Waals surface area (Å²) in [5, 5.41) is 3.70. The minimum atomic E-state index is 0.259. The molecule has 1 aliphatic rings. The van der Waals surface area contributed by atoms with E-state index in [1.54, 1.807) is 0 Å². The Balaban J connectivity index is 1.86. The monoisotopic (exact) mass is 245 g/mol. The quantitative estimate of drug-likeness (QED) is 0.832. The highest BCUT2D eigenvalue weighted by atomic mass is 14.9. The predicted molar refractivity (Wildman–Crippen MR) is 78.9 cm³/mol. The van der Waals surface area contributed by atoms with E-state index in [0.717, 1.165) is 12.6 Å². The summed E-state index contributed by atoms with van der Waals surface area (Å²) < 4.78 is 0. The Morgan fingerprint density at radius 2 is 1.61 bits per heavy atom. The molecule has 1 saturated carbocycles. The van der Waals surface area contributed by atoms with Gasteiger partial charge in [-0.15, -0.1) is 0 Å². The fraction of sp³-hybridized carbons (Fsp3) is 0.647. The molecule has 0 amide bonds. The van der Waals surface area contributed by atoms with Gasteiger partial charge in [-0.25, -0.2) is 0 Å². The van der Waals surface area contributed by atoms with E-state index < -0.39 is 0 Å². The van der Waals surface area contributed by atoms with E-state index in [1.165, 1.54) is 43.2 Å². The van der Waals surface area contributed by atoms with E-state index >= 15 is 0 Å². The van der Waals surface area contributed by atoms with Crippen molar-refractivity contribution in [3.63, 3.8) is 0 Å². The molecule has 0 atom stereocenters. The maximum Gasteiger partial charge on any atom is 0.0208 e. The molecule has 1 aliphatic carbocycles. The van der Waals surface area contributed by atoms with Crippen LogP contribution in [0.4, 0.5) is 0 Å². The number of rotatable bonds is 3. The molecule has 0 aromatic heterocycles. The molecule has 18 heavy (non-hydrogen) atoms. The van der Waals surface area contributed by atoms with Gasteiger partial charge in [-0.2, -0.15) is 0 Å². The molecule has 0 unspecified atom stereocenters. The maximum absolute atomic E-state index is 3.70. The van der Waals surface area contributed by atoms with Gasteiger partial charge in [-0.1, -0.05) is 64.3 Å². The molecule has 0 radical (unpaired) electrons. The molecule has 0 heterocycles. The van der Waals surface area contributed by atoms with Crippen LogP contribution in [0.15, 0.2) is 24.3 Å². The lowest BCUT2D eigenvalue weighted by molar-refractivity contribution is 0.372. The number of hydrogen-bond acceptors (Lipinski definition) is 1. The minimum Gasteiger partial charge on any atom is -0.310 e. The van der Waals surface area contributed by atoms with Gasteiger partial charge in [0.05, 0.1) is 0 Å². The Morgan fingerprint density at radius 1 is 1.00 bits per heavy atom. The highest BCUT2D eigenvalue weighted by Crippen LogP contribution is 2.22. The Labute approximate surface area is 112 Å². The predicted octanol–water partition coefficient (Wildman–Crippen LogP) is 4.41. The van der Waals surface area contributed by atoms with Crippen LogP contribution in [0.5, 0.6) is 0 Å². The van der Waals surface area contributed by atoms with Crippen LogP contribution >= 0.6 is 0 Å². The molecule has 1 fully saturated rings. The van der Waals surface area contributed by atoms with Crippen molar-refractivity contribution in [3.8, 4) is 0 Å². The Bertz CT molecular complexity index is 352. The molecule has 1 nitrogen and oxygen atoms in total. The van der Waals surface area contributed by atoms with Crippen molar-refractivity contribution < 1.29 is 0 Å². The molecular weight excluding hydrogens is 218 g/mol. The highest BCUT2D eigenvalue weighted by molar-refractivity contribution is 5.27. The molecule has 1 aromatic carbocycles. The third-order valence-corrected chi connectivity index (χ3v) is 4.02. The van der Waals surface area contributed by atoms with Crippen LogP contribution < -0.4 is 5.32 Å². The first-order chi connectivity index (χ1) is 8.55. The van der Waals surface area contributed by atoms with Crippen LogP contribution in [0, 0.1) is 0 Å². The molecule has 0 aliphatic heterocycles. The van der Waals surface area contributed by atoms with Gasteiger partial charge in [0.1, 0.15) is 0 Å². The molecule has 1 heteroatoms. The van der Waals surface area contributed by atoms with Crippen molar-refractivity contribution in [2.45, 2.75) is 70.9 Å². The normalized spacial score (nSPS) is 17.9. The molecular formula is C17H27N. The first-order valence-electron chi connectivity index (χ1n) is 7.38. The Kier molecular flexibility index (Phi) is 4.45. The topological polar surface area (TPSA) is 12.0 Å². The number of hydrogen-bond donors (Lipinski definition) is 1. The van der Waals surface area contributed by atoms with E-state index in [0.29, 0.717) is 0 Å². The van der Waals surface area contributed by atoms with Crippen LogP contribution in [0.2, 0.25) is 0 Å². The summed E-state index contributed by atoms with van der Waals surface area (Å²) in [5.41, 5.74) is 3.09. The zero-order chi connectivity index (χ0) is 13.0. The van der Waals surface area contributed by atoms with Gasteiger partial charge in [0.25, 0.3) is 0 Å². The van der Waals surface area contributed by atoms with Gasteiger partial charge >= 0.3 is 0 Å². The first-order valence-corrected chi connectivity index (χ1v) is 7.38. The van der Waals surface area contributed by atoms with Crippen molar-refractivity contribution in [1.82, 2.24) is 5.32 Å². The van der Waals surface area contributed by atoms with E-state index in [-0.39, 0.29) is 5.41 Å². The maximum atomic E-state index is 3.70. The summed E-state index contributed by atoms with van der Waals surface area (Å²) in [6, 6.07) is 9.85. The average Bonchev–Trinajstić information content (AvgIpc) is 2.37. The third-order valence-electron chi connectivity index (χ3n) is 4.02. The largest absolute Gasteiger partial charge is 0.310 e. The Morgan fingerprint density at radius 3 is 2.17 bits per heavy atom. The summed E-state index contributed by atoms with van der Waals surface area (Å²) in [6.07, 6.45) is 6.96. The minimum absolute atomic E-state index is 0.259. The van der Waals surface area contributed by atoms with E-state index in [4.69, 9.17) is 0 Å². The summed E-state index contributed by atoms with van der Waals surface area (Å²) in [6.45, 7) is 7.82. The molecule has 1 N–H and O–H groups in total. The van der Waals surface area contributed by atoms with Crippen LogP contribution in [0.1, 0.15) is 64.0 Å². The summed E-state index contributed by atoms with van der Waals surface area (Å²) >= 11 is 0. The number of benzene rings is 1. The van der Waals surface area contributed by atoms with Crippen molar-refractivity contribution in [1.29, 1.82) is 0 Å². The van der Waals surface area contributed by atoms with Gasteiger partial charge < -0.3 is 5.32 Å². The van der Waals surface area contributed by atoms with Crippen molar-refractivity contribution >= 4 is 0 Å². The first kappa shape index (κ1) is 13.6. The summed E-state index contributed by atoms with van der Waals surface area (Å²) in [5.74, 6) is 0. The van der Waals surface area contributed by atoms with Gasteiger partial charge in [0.2, 0.25) is 0 Å². The van der Waals surface area contributed by atoms with E-state index in [9.17, 15) is 0 Å². The average molecular weight is 245 g/mol. The second-order valence-corrected chi connectivity index (χ2v) is 6.66. The molecule has 2 rings (SSSR count). The van der Waals surface area contributed by atoms with E-state index in [1.807, 2.05) is 0 Å². The SMILES string of the molecule is CC(C)(C)c1ccc(CNC2CCCCC2)cc1. The Hall–Kier alpha value is -0.820. The summed E-state index contributed by atoms with van der Waals surface area (Å²) in [7, 11) is 0. The van der Waals surface area contributed by atoms with E-state index in [2.05, 4.69) is 50.4 Å².